The van der Waals surface area contributed by atoms with Crippen molar-refractivity contribution in [2.24, 2.45) is 0 Å². The van der Waals surface area contributed by atoms with Crippen molar-refractivity contribution in [1.29, 1.82) is 0 Å². The summed E-state index contributed by atoms with van der Waals surface area (Å²) in [6, 6.07) is 4.76. The number of hydrogen-bond donors (Lipinski definition) is 1. The van der Waals surface area contributed by atoms with Gasteiger partial charge in [0.1, 0.15) is 16.5 Å². The number of nitrogens with zero attached hydrogens (tertiary/aromatic N) is 2. The highest BCUT2D eigenvalue weighted by Crippen LogP contribution is 2.31. The van der Waals surface area contributed by atoms with Crippen LogP contribution in [0.25, 0.3) is 22.2 Å². The topological polar surface area (TPSA) is 64.9 Å². The van der Waals surface area contributed by atoms with Gasteiger partial charge >= 0.3 is 0 Å². The Kier molecular flexibility index (Phi) is 2.75. The summed E-state index contributed by atoms with van der Waals surface area (Å²) in [5, 5.41) is 5.49. The first-order valence-electron chi connectivity index (χ1n) is 5.27. The molecule has 0 saturated carbocycles. The maximum atomic E-state index is 13.1. The van der Waals surface area contributed by atoms with Crippen LogP contribution in [0.4, 0.5) is 14.5 Å². The minimum absolute atomic E-state index is 0.112. The first kappa shape index (κ1) is 11.8. The number of hydrogen-bond acceptors (Lipinski definition) is 5. The number of nitrogens with two attached hydrogens (primary N) is 1. The summed E-state index contributed by atoms with van der Waals surface area (Å²) in [4.78, 5) is 4.72. The highest BCUT2D eigenvalue weighted by Gasteiger charge is 2.15. The minimum atomic E-state index is -0.697. The Bertz CT molecular complexity index is 718. The van der Waals surface area contributed by atoms with E-state index in [9.17, 15) is 8.78 Å². The third-order valence-electron chi connectivity index (χ3n) is 2.44. The van der Waals surface area contributed by atoms with Crippen LogP contribution in [0.1, 0.15) is 0 Å². The van der Waals surface area contributed by atoms with Crippen LogP contribution in [0.15, 0.2) is 34.2 Å². The Labute approximate surface area is 110 Å². The van der Waals surface area contributed by atoms with Crippen molar-refractivity contribution in [3.05, 3.63) is 41.3 Å². The van der Waals surface area contributed by atoms with Gasteiger partial charge in [0.2, 0.25) is 5.82 Å². The summed E-state index contributed by atoms with van der Waals surface area (Å²) in [6.45, 7) is 0. The van der Waals surface area contributed by atoms with Crippen LogP contribution in [0.5, 0.6) is 0 Å². The van der Waals surface area contributed by atoms with Gasteiger partial charge in [-0.15, -0.1) is 11.3 Å². The van der Waals surface area contributed by atoms with Crippen LogP contribution in [0.3, 0.4) is 0 Å². The lowest BCUT2D eigenvalue weighted by atomic mass is 10.2. The van der Waals surface area contributed by atoms with E-state index in [4.69, 9.17) is 10.3 Å². The summed E-state index contributed by atoms with van der Waals surface area (Å²) >= 11 is 1.35. The van der Waals surface area contributed by atoms with Gasteiger partial charge in [-0.3, -0.25) is 0 Å². The molecular formula is C12H7F2N3OS. The number of rotatable bonds is 2. The van der Waals surface area contributed by atoms with Gasteiger partial charge in [-0.25, -0.2) is 8.78 Å². The molecule has 7 heteroatoms. The summed E-state index contributed by atoms with van der Waals surface area (Å²) in [6.07, 6.45) is 0. The largest absolute Gasteiger partial charge is 0.397 e. The molecule has 4 nitrogen and oxygen atoms in total. The molecule has 2 N–H and O–H groups in total. The highest BCUT2D eigenvalue weighted by molar-refractivity contribution is 7.14. The lowest BCUT2D eigenvalue weighted by Crippen LogP contribution is -1.86. The summed E-state index contributed by atoms with van der Waals surface area (Å²) < 4.78 is 31.3. The average Bonchev–Trinajstić information content (AvgIpc) is 2.95. The molecule has 0 aliphatic rings. The molecule has 0 spiro atoms. The lowest BCUT2D eigenvalue weighted by Gasteiger charge is -1.95. The van der Waals surface area contributed by atoms with Crippen LogP contribution >= 0.6 is 11.3 Å². The number of benzene rings is 1. The predicted octanol–water partition coefficient (Wildman–Crippen LogP) is 3.33. The molecule has 3 aromatic rings. The number of nitrogen functional groups attached to an aromatic ring is 1. The summed E-state index contributed by atoms with van der Waals surface area (Å²) in [7, 11) is 0. The predicted molar refractivity (Wildman–Crippen MR) is 67.4 cm³/mol. The Hall–Kier alpha value is -2.28. The molecule has 0 aliphatic carbocycles. The van der Waals surface area contributed by atoms with Gasteiger partial charge in [-0.1, -0.05) is 5.16 Å². The number of halogens is 2. The normalized spacial score (nSPS) is 10.8. The summed E-state index contributed by atoms with van der Waals surface area (Å²) in [5.74, 6) is -1.05. The monoisotopic (exact) mass is 279 g/mol. The Morgan fingerprint density at radius 1 is 1.16 bits per heavy atom. The molecule has 2 heterocycles. The van der Waals surface area contributed by atoms with Gasteiger partial charge in [0.05, 0.1) is 5.69 Å². The Morgan fingerprint density at radius 3 is 2.53 bits per heavy atom. The molecule has 0 atom stereocenters. The van der Waals surface area contributed by atoms with E-state index < -0.39 is 11.6 Å². The SMILES string of the molecule is Nc1ccsc1-c1nc(-c2cc(F)cc(F)c2)no1. The van der Waals surface area contributed by atoms with Gasteiger partial charge < -0.3 is 10.3 Å². The molecule has 0 radical (unpaired) electrons. The van der Waals surface area contributed by atoms with Crippen molar-refractivity contribution < 1.29 is 13.3 Å². The molecule has 19 heavy (non-hydrogen) atoms. The van der Waals surface area contributed by atoms with E-state index in [0.29, 0.717) is 10.6 Å². The zero-order valence-corrected chi connectivity index (χ0v) is 10.2. The fourth-order valence-electron chi connectivity index (χ4n) is 1.61. The molecule has 0 aliphatic heterocycles. The third kappa shape index (κ3) is 2.19. The molecule has 0 amide bonds. The van der Waals surface area contributed by atoms with E-state index >= 15 is 0 Å². The third-order valence-corrected chi connectivity index (χ3v) is 3.35. The highest BCUT2D eigenvalue weighted by atomic mass is 32.1. The average molecular weight is 279 g/mol. The smallest absolute Gasteiger partial charge is 0.270 e. The molecule has 0 unspecified atom stereocenters. The summed E-state index contributed by atoms with van der Waals surface area (Å²) in [5.41, 5.74) is 6.46. The van der Waals surface area contributed by atoms with Crippen molar-refractivity contribution in [1.82, 2.24) is 10.1 Å². The van der Waals surface area contributed by atoms with Crippen molar-refractivity contribution in [3.8, 4) is 22.2 Å². The molecule has 0 fully saturated rings. The van der Waals surface area contributed by atoms with Crippen LogP contribution in [-0.2, 0) is 0 Å². The zero-order valence-electron chi connectivity index (χ0n) is 9.43. The van der Waals surface area contributed by atoms with Gasteiger partial charge in [0.15, 0.2) is 0 Å². The van der Waals surface area contributed by atoms with Crippen LogP contribution in [0.2, 0.25) is 0 Å². The van der Waals surface area contributed by atoms with E-state index in [-0.39, 0.29) is 17.3 Å². The fraction of sp³-hybridized carbons (Fsp3) is 0. The zero-order chi connectivity index (χ0) is 13.4. The maximum Gasteiger partial charge on any atom is 0.270 e. The van der Waals surface area contributed by atoms with Crippen LogP contribution in [-0.4, -0.2) is 10.1 Å². The van der Waals surface area contributed by atoms with E-state index in [1.807, 2.05) is 0 Å². The lowest BCUT2D eigenvalue weighted by molar-refractivity contribution is 0.433. The van der Waals surface area contributed by atoms with Crippen LogP contribution < -0.4 is 5.73 Å². The van der Waals surface area contributed by atoms with Gasteiger partial charge in [0.25, 0.3) is 5.89 Å². The quantitative estimate of drug-likeness (QED) is 0.781. The molecule has 0 bridgehead atoms. The van der Waals surface area contributed by atoms with E-state index in [1.54, 1.807) is 11.4 Å². The number of aromatic nitrogens is 2. The molecular weight excluding hydrogens is 272 g/mol. The van der Waals surface area contributed by atoms with Crippen LogP contribution in [0, 0.1) is 11.6 Å². The Morgan fingerprint density at radius 2 is 1.89 bits per heavy atom. The molecule has 2 aromatic heterocycles. The van der Waals surface area contributed by atoms with Crippen molar-refractivity contribution >= 4 is 17.0 Å². The molecule has 1 aromatic carbocycles. The van der Waals surface area contributed by atoms with Crippen molar-refractivity contribution in [3.63, 3.8) is 0 Å². The Balaban J connectivity index is 2.04. The second kappa shape index (κ2) is 4.43. The molecule has 96 valence electrons. The van der Waals surface area contributed by atoms with E-state index in [0.717, 1.165) is 18.2 Å². The van der Waals surface area contributed by atoms with Crippen molar-refractivity contribution in [2.75, 3.05) is 5.73 Å². The number of anilines is 1. The second-order valence-electron chi connectivity index (χ2n) is 3.79. The van der Waals surface area contributed by atoms with Gasteiger partial charge in [-0.2, -0.15) is 4.98 Å². The molecule has 3 rings (SSSR count). The fourth-order valence-corrected chi connectivity index (χ4v) is 2.35. The van der Waals surface area contributed by atoms with E-state index in [1.165, 1.54) is 11.3 Å². The van der Waals surface area contributed by atoms with Crippen molar-refractivity contribution in [2.45, 2.75) is 0 Å². The van der Waals surface area contributed by atoms with Gasteiger partial charge in [-0.05, 0) is 23.6 Å². The van der Waals surface area contributed by atoms with Gasteiger partial charge in [0, 0.05) is 11.6 Å². The molecule has 0 saturated heterocycles. The second-order valence-corrected chi connectivity index (χ2v) is 4.70. The first-order chi connectivity index (χ1) is 9.13. The van der Waals surface area contributed by atoms with E-state index in [2.05, 4.69) is 10.1 Å². The minimum Gasteiger partial charge on any atom is -0.397 e. The maximum absolute atomic E-state index is 13.1. The number of thiophene rings is 1. The standard InChI is InChI=1S/C12H7F2N3OS/c13-7-3-6(4-8(14)5-7)11-16-12(18-17-11)10-9(15)1-2-19-10/h1-5H,15H2. The first-order valence-corrected chi connectivity index (χ1v) is 6.15.